The smallest absolute Gasteiger partial charge is 0.247 e. The van der Waals surface area contributed by atoms with Crippen molar-refractivity contribution in [2.45, 2.75) is 31.2 Å². The zero-order chi connectivity index (χ0) is 16.5. The van der Waals surface area contributed by atoms with E-state index in [1.165, 1.54) is 16.6 Å². The summed E-state index contributed by atoms with van der Waals surface area (Å²) in [4.78, 5) is 15.7. The Morgan fingerprint density at radius 2 is 2.23 bits per heavy atom. The molecule has 1 amide bonds. The van der Waals surface area contributed by atoms with Crippen LogP contribution in [0.1, 0.15) is 20.3 Å². The van der Waals surface area contributed by atoms with E-state index in [-0.39, 0.29) is 40.7 Å². The Bertz CT molecular complexity index is 678. The number of nitrogens with two attached hydrogens (primary N) is 1. The average Bonchev–Trinajstić information content (AvgIpc) is 2.43. The predicted octanol–water partition coefficient (Wildman–Crippen LogP) is 0.852. The molecule has 122 valence electrons. The standard InChI is InChI=1S/C13H19ClN4O3S/c1-8(2)5-10-13(19)16-3-4-18(10)22(20,21)11-6-9(14)7-17-12(11)15/h6-8,10H,3-5H2,1-2H3,(H2,15,17)(H,16,19). The Labute approximate surface area is 134 Å². The second-order valence-electron chi connectivity index (χ2n) is 5.59. The molecule has 0 radical (unpaired) electrons. The maximum absolute atomic E-state index is 12.9. The van der Waals surface area contributed by atoms with Crippen LogP contribution in [0.25, 0.3) is 0 Å². The largest absolute Gasteiger partial charge is 0.383 e. The first-order valence-electron chi connectivity index (χ1n) is 6.94. The zero-order valence-corrected chi connectivity index (χ0v) is 14.0. The minimum absolute atomic E-state index is 0.126. The number of hydrogen-bond donors (Lipinski definition) is 2. The first-order chi connectivity index (χ1) is 10.2. The van der Waals surface area contributed by atoms with Crippen LogP contribution in [-0.4, -0.2) is 42.7 Å². The summed E-state index contributed by atoms with van der Waals surface area (Å²) in [5.41, 5.74) is 5.69. The fourth-order valence-electron chi connectivity index (χ4n) is 2.42. The van der Waals surface area contributed by atoms with Gasteiger partial charge >= 0.3 is 0 Å². The van der Waals surface area contributed by atoms with Gasteiger partial charge in [-0.1, -0.05) is 25.4 Å². The van der Waals surface area contributed by atoms with Crippen molar-refractivity contribution in [3.8, 4) is 0 Å². The van der Waals surface area contributed by atoms with Crippen LogP contribution in [0.3, 0.4) is 0 Å². The maximum Gasteiger partial charge on any atom is 0.247 e. The van der Waals surface area contributed by atoms with Crippen LogP contribution in [0.5, 0.6) is 0 Å². The highest BCUT2D eigenvalue weighted by atomic mass is 35.5. The maximum atomic E-state index is 12.9. The van der Waals surface area contributed by atoms with Gasteiger partial charge < -0.3 is 11.1 Å². The van der Waals surface area contributed by atoms with E-state index in [0.717, 1.165) is 0 Å². The average molecular weight is 347 g/mol. The fourth-order valence-corrected chi connectivity index (χ4v) is 4.33. The summed E-state index contributed by atoms with van der Waals surface area (Å²) in [6.07, 6.45) is 1.71. The fraction of sp³-hybridized carbons (Fsp3) is 0.538. The van der Waals surface area contributed by atoms with E-state index in [9.17, 15) is 13.2 Å². The highest BCUT2D eigenvalue weighted by Gasteiger charge is 2.39. The third-order valence-corrected chi connectivity index (χ3v) is 5.56. The molecule has 1 aliphatic heterocycles. The molecule has 0 aromatic carbocycles. The number of pyridine rings is 1. The Kier molecular flexibility index (Phi) is 4.93. The molecular weight excluding hydrogens is 328 g/mol. The third-order valence-electron chi connectivity index (χ3n) is 3.41. The number of piperazine rings is 1. The Hall–Kier alpha value is -1.38. The molecule has 9 heteroatoms. The number of amides is 1. The molecule has 1 unspecified atom stereocenters. The number of halogens is 1. The normalized spacial score (nSPS) is 20.2. The molecule has 3 N–H and O–H groups in total. The number of carbonyl (C=O) groups excluding carboxylic acids is 1. The highest BCUT2D eigenvalue weighted by molar-refractivity contribution is 7.89. The molecule has 1 atom stereocenters. The number of aromatic nitrogens is 1. The lowest BCUT2D eigenvalue weighted by Crippen LogP contribution is -2.57. The van der Waals surface area contributed by atoms with Crippen LogP contribution in [0.15, 0.2) is 17.2 Å². The van der Waals surface area contributed by atoms with Gasteiger partial charge in [-0.2, -0.15) is 4.31 Å². The van der Waals surface area contributed by atoms with Crippen LogP contribution in [0, 0.1) is 5.92 Å². The van der Waals surface area contributed by atoms with Crippen LogP contribution >= 0.6 is 11.6 Å². The van der Waals surface area contributed by atoms with E-state index in [0.29, 0.717) is 6.42 Å². The molecular formula is C13H19ClN4O3S. The molecule has 2 heterocycles. The summed E-state index contributed by atoms with van der Waals surface area (Å²) >= 11 is 5.83. The van der Waals surface area contributed by atoms with Gasteiger partial charge in [0.05, 0.1) is 5.02 Å². The number of hydrogen-bond acceptors (Lipinski definition) is 5. The van der Waals surface area contributed by atoms with Crippen LogP contribution in [-0.2, 0) is 14.8 Å². The minimum atomic E-state index is -3.94. The van der Waals surface area contributed by atoms with Gasteiger partial charge in [-0.25, -0.2) is 13.4 Å². The predicted molar refractivity (Wildman–Crippen MR) is 83.8 cm³/mol. The molecule has 0 aliphatic carbocycles. The quantitative estimate of drug-likeness (QED) is 0.840. The van der Waals surface area contributed by atoms with E-state index in [2.05, 4.69) is 10.3 Å². The van der Waals surface area contributed by atoms with E-state index >= 15 is 0 Å². The van der Waals surface area contributed by atoms with E-state index in [1.807, 2.05) is 13.8 Å². The molecule has 1 aromatic rings. The van der Waals surface area contributed by atoms with Gasteiger partial charge in [0.1, 0.15) is 16.8 Å². The lowest BCUT2D eigenvalue weighted by atomic mass is 10.0. The lowest BCUT2D eigenvalue weighted by molar-refractivity contribution is -0.127. The molecule has 0 saturated carbocycles. The molecule has 0 bridgehead atoms. The first kappa shape index (κ1) is 17.0. The highest BCUT2D eigenvalue weighted by Crippen LogP contribution is 2.27. The van der Waals surface area contributed by atoms with E-state index < -0.39 is 16.1 Å². The van der Waals surface area contributed by atoms with E-state index in [1.54, 1.807) is 0 Å². The molecule has 1 fully saturated rings. The molecule has 22 heavy (non-hydrogen) atoms. The summed E-state index contributed by atoms with van der Waals surface area (Å²) < 4.78 is 26.9. The summed E-state index contributed by atoms with van der Waals surface area (Å²) in [6, 6.07) is 0.509. The minimum Gasteiger partial charge on any atom is -0.383 e. The summed E-state index contributed by atoms with van der Waals surface area (Å²) in [5, 5.41) is 2.87. The SMILES string of the molecule is CC(C)CC1C(=O)NCCN1S(=O)(=O)c1cc(Cl)cnc1N. The first-order valence-corrected chi connectivity index (χ1v) is 8.76. The summed E-state index contributed by atoms with van der Waals surface area (Å²) in [5.74, 6) is -0.253. The summed E-state index contributed by atoms with van der Waals surface area (Å²) in [7, 11) is -3.94. The van der Waals surface area contributed by atoms with Gasteiger partial charge in [0.2, 0.25) is 15.9 Å². The van der Waals surface area contributed by atoms with Crippen molar-refractivity contribution >= 4 is 33.3 Å². The van der Waals surface area contributed by atoms with Gasteiger partial charge in [-0.15, -0.1) is 0 Å². The van der Waals surface area contributed by atoms with Crippen molar-refractivity contribution < 1.29 is 13.2 Å². The van der Waals surface area contributed by atoms with Crippen molar-refractivity contribution in [1.82, 2.24) is 14.6 Å². The molecule has 7 nitrogen and oxygen atoms in total. The monoisotopic (exact) mass is 346 g/mol. The molecule has 1 saturated heterocycles. The van der Waals surface area contributed by atoms with Crippen LogP contribution in [0.2, 0.25) is 5.02 Å². The van der Waals surface area contributed by atoms with Gasteiger partial charge in [-0.3, -0.25) is 4.79 Å². The topological polar surface area (TPSA) is 105 Å². The van der Waals surface area contributed by atoms with Gasteiger partial charge in [0.15, 0.2) is 0 Å². The second-order valence-corrected chi connectivity index (χ2v) is 7.88. The Morgan fingerprint density at radius 3 is 2.86 bits per heavy atom. The van der Waals surface area contributed by atoms with Crippen LogP contribution < -0.4 is 11.1 Å². The lowest BCUT2D eigenvalue weighted by Gasteiger charge is -2.35. The summed E-state index contributed by atoms with van der Waals surface area (Å²) in [6.45, 7) is 4.32. The number of nitrogens with zero attached hydrogens (tertiary/aromatic N) is 2. The number of anilines is 1. The van der Waals surface area contributed by atoms with Crippen molar-refractivity contribution in [3.63, 3.8) is 0 Å². The molecule has 2 rings (SSSR count). The Balaban J connectivity index is 2.45. The van der Waals surface area contributed by atoms with Gasteiger partial charge in [0, 0.05) is 19.3 Å². The number of rotatable bonds is 4. The van der Waals surface area contributed by atoms with Gasteiger partial charge in [-0.05, 0) is 18.4 Å². The molecule has 0 spiro atoms. The van der Waals surface area contributed by atoms with Crippen molar-refractivity contribution in [3.05, 3.63) is 17.3 Å². The van der Waals surface area contributed by atoms with Crippen LogP contribution in [0.4, 0.5) is 5.82 Å². The third kappa shape index (κ3) is 3.34. The number of nitrogens with one attached hydrogen (secondary N) is 1. The Morgan fingerprint density at radius 1 is 1.55 bits per heavy atom. The van der Waals surface area contributed by atoms with Crippen molar-refractivity contribution in [2.75, 3.05) is 18.8 Å². The number of nitrogen functional groups attached to an aromatic ring is 1. The molecule has 1 aliphatic rings. The number of sulfonamides is 1. The van der Waals surface area contributed by atoms with Gasteiger partial charge in [0.25, 0.3) is 0 Å². The van der Waals surface area contributed by atoms with Crippen molar-refractivity contribution in [1.29, 1.82) is 0 Å². The molecule has 1 aromatic heterocycles. The second kappa shape index (κ2) is 6.39. The zero-order valence-electron chi connectivity index (χ0n) is 12.4. The van der Waals surface area contributed by atoms with Crippen molar-refractivity contribution in [2.24, 2.45) is 5.92 Å². The van der Waals surface area contributed by atoms with E-state index in [4.69, 9.17) is 17.3 Å². The number of carbonyl (C=O) groups is 1.